The van der Waals surface area contributed by atoms with Gasteiger partial charge >= 0.3 is 12.1 Å². The van der Waals surface area contributed by atoms with E-state index in [0.717, 1.165) is 0 Å². The zero-order valence-corrected chi connectivity index (χ0v) is 10.4. The number of hydrogen-bond acceptors (Lipinski definition) is 2. The first-order valence-electron chi connectivity index (χ1n) is 5.03. The second-order valence-electron chi connectivity index (χ2n) is 3.98. The molecule has 7 heteroatoms. The summed E-state index contributed by atoms with van der Waals surface area (Å²) in [7, 11) is 0. The molecule has 1 N–H and O–H groups in total. The number of aliphatic carboxylic acids is 1. The highest BCUT2D eigenvalue weighted by Gasteiger charge is 2.50. The Kier molecular flexibility index (Phi) is 3.51. The molecule has 1 aromatic carbocycles. The zero-order valence-electron chi connectivity index (χ0n) is 8.87. The lowest BCUT2D eigenvalue weighted by Crippen LogP contribution is -2.41. The predicted octanol–water partition coefficient (Wildman–Crippen LogP) is 3.62. The minimum atomic E-state index is -4.54. The largest absolute Gasteiger partial charge is 0.481 e. The van der Waals surface area contributed by atoms with Crippen molar-refractivity contribution in [3.8, 4) is 0 Å². The molecule has 2 nitrogen and oxygen atoms in total. The molecule has 2 atom stereocenters. The van der Waals surface area contributed by atoms with Crippen LogP contribution in [0, 0.1) is 5.92 Å². The van der Waals surface area contributed by atoms with Crippen molar-refractivity contribution in [2.75, 3.05) is 0 Å². The van der Waals surface area contributed by atoms with Crippen LogP contribution in [0.2, 0.25) is 5.02 Å². The molecule has 0 spiro atoms. The van der Waals surface area contributed by atoms with Crippen molar-refractivity contribution in [2.45, 2.75) is 22.7 Å². The van der Waals surface area contributed by atoms with Crippen molar-refractivity contribution in [3.63, 3.8) is 0 Å². The molecule has 98 valence electrons. The first-order valence-corrected chi connectivity index (χ1v) is 6.29. The van der Waals surface area contributed by atoms with Crippen LogP contribution in [0.4, 0.5) is 13.2 Å². The Balaban J connectivity index is 2.40. The molecule has 18 heavy (non-hydrogen) atoms. The van der Waals surface area contributed by atoms with Crippen molar-refractivity contribution in [1.29, 1.82) is 0 Å². The maximum Gasteiger partial charge on any atom is 0.401 e. The van der Waals surface area contributed by atoms with E-state index < -0.39 is 23.3 Å². The van der Waals surface area contributed by atoms with Gasteiger partial charge in [-0.15, -0.1) is 11.8 Å². The Hall–Kier alpha value is -0.880. The van der Waals surface area contributed by atoms with Gasteiger partial charge in [0, 0.05) is 9.92 Å². The maximum absolute atomic E-state index is 12.8. The van der Waals surface area contributed by atoms with E-state index in [9.17, 15) is 18.0 Å². The third kappa shape index (κ3) is 2.59. The van der Waals surface area contributed by atoms with Crippen LogP contribution in [0.25, 0.3) is 0 Å². The number of hydrogen-bond donors (Lipinski definition) is 1. The molecule has 0 radical (unpaired) electrons. The lowest BCUT2D eigenvalue weighted by molar-refractivity contribution is -0.160. The van der Waals surface area contributed by atoms with Gasteiger partial charge in [0.1, 0.15) is 5.25 Å². The monoisotopic (exact) mass is 296 g/mol. The van der Waals surface area contributed by atoms with Crippen LogP contribution in [0.15, 0.2) is 23.1 Å². The SMILES string of the molecule is O=C(O)[C@H]1Cc2cc(Cl)ccc2S[C@@H]1C(F)(F)F. The summed E-state index contributed by atoms with van der Waals surface area (Å²) in [5.74, 6) is -2.91. The number of thioether (sulfide) groups is 1. The molecule has 0 aromatic heterocycles. The highest BCUT2D eigenvalue weighted by atomic mass is 35.5. The third-order valence-corrected chi connectivity index (χ3v) is 4.46. The predicted molar refractivity (Wildman–Crippen MR) is 62.0 cm³/mol. The van der Waals surface area contributed by atoms with Crippen LogP contribution in [-0.2, 0) is 11.2 Å². The number of carboxylic acids is 1. The van der Waals surface area contributed by atoms with E-state index in [-0.39, 0.29) is 6.42 Å². The summed E-state index contributed by atoms with van der Waals surface area (Å²) in [5.41, 5.74) is 0.556. The van der Waals surface area contributed by atoms with Gasteiger partial charge in [0.05, 0.1) is 5.92 Å². The second kappa shape index (κ2) is 4.66. The molecule has 0 unspecified atom stereocenters. The summed E-state index contributed by atoms with van der Waals surface area (Å²) in [6, 6.07) is 4.52. The quantitative estimate of drug-likeness (QED) is 0.860. The summed E-state index contributed by atoms with van der Waals surface area (Å²) in [6.45, 7) is 0. The highest BCUT2D eigenvalue weighted by molar-refractivity contribution is 8.00. The van der Waals surface area contributed by atoms with Gasteiger partial charge in [0.15, 0.2) is 0 Å². The summed E-state index contributed by atoms with van der Waals surface area (Å²) in [5, 5.41) is 7.40. The second-order valence-corrected chi connectivity index (χ2v) is 5.60. The molecule has 0 saturated heterocycles. The summed E-state index contributed by atoms with van der Waals surface area (Å²) in [6.07, 6.45) is -4.69. The van der Waals surface area contributed by atoms with E-state index in [0.29, 0.717) is 27.2 Å². The highest BCUT2D eigenvalue weighted by Crippen LogP contribution is 2.46. The Labute approximate surface area is 110 Å². The van der Waals surface area contributed by atoms with Crippen LogP contribution < -0.4 is 0 Å². The van der Waals surface area contributed by atoms with Gasteiger partial charge in [-0.05, 0) is 30.2 Å². The molecule has 0 saturated carbocycles. The molecule has 1 heterocycles. The standard InChI is InChI=1S/C11H8ClF3O2S/c12-6-1-2-8-5(3-6)4-7(10(16)17)9(18-8)11(13,14)15/h1-3,7,9H,4H2,(H,16,17)/t7-,9-/m0/s1. The first-order chi connectivity index (χ1) is 8.29. The van der Waals surface area contributed by atoms with Crippen molar-refractivity contribution in [3.05, 3.63) is 28.8 Å². The Morgan fingerprint density at radius 3 is 2.67 bits per heavy atom. The molecular formula is C11H8ClF3O2S. The summed E-state index contributed by atoms with van der Waals surface area (Å²) < 4.78 is 38.4. The fourth-order valence-corrected chi connectivity index (χ4v) is 3.32. The number of halogens is 4. The zero-order chi connectivity index (χ0) is 13.5. The minimum absolute atomic E-state index is 0.150. The summed E-state index contributed by atoms with van der Waals surface area (Å²) in [4.78, 5) is 11.4. The number of benzene rings is 1. The van der Waals surface area contributed by atoms with E-state index in [1.807, 2.05) is 0 Å². The van der Waals surface area contributed by atoms with E-state index in [2.05, 4.69) is 0 Å². The van der Waals surface area contributed by atoms with Gasteiger partial charge in [0.25, 0.3) is 0 Å². The molecule has 0 fully saturated rings. The Morgan fingerprint density at radius 2 is 2.11 bits per heavy atom. The van der Waals surface area contributed by atoms with Crippen LogP contribution in [0.5, 0.6) is 0 Å². The number of carbonyl (C=O) groups is 1. The van der Waals surface area contributed by atoms with Crippen LogP contribution in [0.1, 0.15) is 5.56 Å². The number of fused-ring (bicyclic) bond motifs is 1. The molecule has 1 aliphatic rings. The van der Waals surface area contributed by atoms with Crippen LogP contribution in [0.3, 0.4) is 0 Å². The fraction of sp³-hybridized carbons (Fsp3) is 0.364. The Bertz CT molecular complexity index is 490. The van der Waals surface area contributed by atoms with Gasteiger partial charge in [-0.2, -0.15) is 13.2 Å². The maximum atomic E-state index is 12.8. The van der Waals surface area contributed by atoms with Crippen molar-refractivity contribution < 1.29 is 23.1 Å². The van der Waals surface area contributed by atoms with Gasteiger partial charge in [-0.3, -0.25) is 4.79 Å². The Morgan fingerprint density at radius 1 is 1.44 bits per heavy atom. The topological polar surface area (TPSA) is 37.3 Å². The normalized spacial score (nSPS) is 23.6. The number of rotatable bonds is 1. The molecule has 1 aromatic rings. The van der Waals surface area contributed by atoms with E-state index in [1.165, 1.54) is 18.2 Å². The molecule has 0 aliphatic carbocycles. The lowest BCUT2D eigenvalue weighted by atomic mass is 9.95. The third-order valence-electron chi connectivity index (χ3n) is 2.72. The van der Waals surface area contributed by atoms with Crippen LogP contribution >= 0.6 is 23.4 Å². The minimum Gasteiger partial charge on any atom is -0.481 e. The smallest absolute Gasteiger partial charge is 0.401 e. The number of carboxylic acid groups (broad SMARTS) is 1. The van der Waals surface area contributed by atoms with E-state index >= 15 is 0 Å². The average Bonchev–Trinajstić information content (AvgIpc) is 2.25. The molecule has 2 rings (SSSR count). The van der Waals surface area contributed by atoms with Crippen molar-refractivity contribution in [2.24, 2.45) is 5.92 Å². The average molecular weight is 297 g/mol. The van der Waals surface area contributed by atoms with Crippen molar-refractivity contribution in [1.82, 2.24) is 0 Å². The molecule has 1 aliphatic heterocycles. The van der Waals surface area contributed by atoms with Gasteiger partial charge in [-0.1, -0.05) is 11.6 Å². The first kappa shape index (κ1) is 13.5. The van der Waals surface area contributed by atoms with E-state index in [1.54, 1.807) is 0 Å². The van der Waals surface area contributed by atoms with E-state index in [4.69, 9.17) is 16.7 Å². The van der Waals surface area contributed by atoms with Gasteiger partial charge in [0.2, 0.25) is 0 Å². The van der Waals surface area contributed by atoms with Crippen LogP contribution in [-0.4, -0.2) is 22.5 Å². The van der Waals surface area contributed by atoms with Gasteiger partial charge < -0.3 is 5.11 Å². The summed E-state index contributed by atoms with van der Waals surface area (Å²) >= 11 is 6.30. The van der Waals surface area contributed by atoms with Crippen molar-refractivity contribution >= 4 is 29.3 Å². The molecular weight excluding hydrogens is 289 g/mol. The lowest BCUT2D eigenvalue weighted by Gasteiger charge is -2.31. The number of alkyl halides is 3. The fourth-order valence-electron chi connectivity index (χ4n) is 1.90. The molecule has 0 amide bonds. The molecule has 0 bridgehead atoms. The van der Waals surface area contributed by atoms with Gasteiger partial charge in [-0.25, -0.2) is 0 Å².